The summed E-state index contributed by atoms with van der Waals surface area (Å²) >= 11 is 0. The summed E-state index contributed by atoms with van der Waals surface area (Å²) in [6.07, 6.45) is 0. The van der Waals surface area contributed by atoms with Crippen molar-refractivity contribution in [3.8, 4) is 5.75 Å². The van der Waals surface area contributed by atoms with Crippen molar-refractivity contribution >= 4 is 20.7 Å². The first-order valence-corrected chi connectivity index (χ1v) is 9.83. The normalized spacial score (nSPS) is 17.0. The van der Waals surface area contributed by atoms with E-state index in [9.17, 15) is 24.6 Å². The summed E-state index contributed by atoms with van der Waals surface area (Å²) < 4.78 is 75.1. The Labute approximate surface area is 140 Å². The molecule has 1 aliphatic heterocycles. The van der Waals surface area contributed by atoms with E-state index in [-0.39, 0.29) is 17.7 Å². The van der Waals surface area contributed by atoms with Gasteiger partial charge in [0.2, 0.25) is 0 Å². The van der Waals surface area contributed by atoms with Crippen LogP contribution in [-0.2, 0) is 27.3 Å². The fourth-order valence-corrected chi connectivity index (χ4v) is 3.86. The molecule has 0 bridgehead atoms. The molecule has 0 aliphatic carbocycles. The summed E-state index contributed by atoms with van der Waals surface area (Å²) in [7, 11) is -10.5. The topological polar surface area (TPSA) is 92.8 Å². The van der Waals surface area contributed by atoms with E-state index < -0.39 is 31.4 Å². The average Bonchev–Trinajstić information content (AvgIpc) is 2.45. The maximum absolute atomic E-state index is 13.5. The first kappa shape index (κ1) is 19.0. The van der Waals surface area contributed by atoms with Gasteiger partial charge in [-0.15, -0.1) is 3.89 Å². The Balaban J connectivity index is 2.55. The number of benzene rings is 1. The maximum Gasteiger partial charge on any atom is 0.488 e. The van der Waals surface area contributed by atoms with Crippen LogP contribution >= 0.6 is 0 Å². The lowest BCUT2D eigenvalue weighted by Gasteiger charge is -2.28. The number of hydrogen-bond donors (Lipinski definition) is 1. The molecule has 1 aromatic carbocycles. The minimum atomic E-state index is -5.38. The quantitative estimate of drug-likeness (QED) is 0.756. The van der Waals surface area contributed by atoms with Crippen molar-refractivity contribution in [3.63, 3.8) is 0 Å². The predicted octanol–water partition coefficient (Wildman–Crippen LogP) is 0.960. The van der Waals surface area contributed by atoms with E-state index in [1.54, 1.807) is 0 Å². The highest BCUT2D eigenvalue weighted by Crippen LogP contribution is 2.34. The standard InChI is InChI=1S/C13H18F2N2O5S2/c1-9-11(8-17-5-3-16-4-6-17)7-12(23(14,18)19)10(2)13(9)22-24(15,20)21/h7,16H,3-6,8H2,1-2H3. The molecule has 0 aromatic heterocycles. The van der Waals surface area contributed by atoms with E-state index in [0.717, 1.165) is 26.1 Å². The molecule has 11 heteroatoms. The van der Waals surface area contributed by atoms with Crippen LogP contribution in [0.5, 0.6) is 5.75 Å². The van der Waals surface area contributed by atoms with Crippen LogP contribution in [0, 0.1) is 13.8 Å². The van der Waals surface area contributed by atoms with Crippen molar-refractivity contribution in [2.45, 2.75) is 25.3 Å². The molecule has 0 atom stereocenters. The Bertz CT molecular complexity index is 834. The van der Waals surface area contributed by atoms with Gasteiger partial charge in [-0.2, -0.15) is 16.8 Å². The van der Waals surface area contributed by atoms with Gasteiger partial charge in [0.15, 0.2) is 5.75 Å². The first-order chi connectivity index (χ1) is 11.0. The molecule has 0 radical (unpaired) electrons. The highest BCUT2D eigenvalue weighted by Gasteiger charge is 2.26. The summed E-state index contributed by atoms with van der Waals surface area (Å²) in [5, 5.41) is 3.15. The van der Waals surface area contributed by atoms with Gasteiger partial charge in [-0.1, -0.05) is 3.89 Å². The first-order valence-electron chi connectivity index (χ1n) is 7.14. The molecule has 1 aliphatic rings. The van der Waals surface area contributed by atoms with Crippen LogP contribution in [0.15, 0.2) is 11.0 Å². The van der Waals surface area contributed by atoms with Gasteiger partial charge >= 0.3 is 20.7 Å². The highest BCUT2D eigenvalue weighted by molar-refractivity contribution is 7.86. The largest absolute Gasteiger partial charge is 0.488 e. The summed E-state index contributed by atoms with van der Waals surface area (Å²) in [6, 6.07) is 1.14. The van der Waals surface area contributed by atoms with E-state index in [0.29, 0.717) is 18.7 Å². The molecule has 136 valence electrons. The van der Waals surface area contributed by atoms with Gasteiger partial charge in [-0.05, 0) is 31.0 Å². The Kier molecular flexibility index (Phi) is 5.47. The minimum Gasteiger partial charge on any atom is -0.358 e. The number of nitrogens with one attached hydrogen (secondary N) is 1. The Morgan fingerprint density at radius 2 is 1.71 bits per heavy atom. The predicted molar refractivity (Wildman–Crippen MR) is 83.0 cm³/mol. The van der Waals surface area contributed by atoms with Crippen LogP contribution in [0.2, 0.25) is 0 Å². The van der Waals surface area contributed by atoms with Crippen LogP contribution in [0.25, 0.3) is 0 Å². The molecule has 1 saturated heterocycles. The molecule has 0 saturated carbocycles. The zero-order valence-electron chi connectivity index (χ0n) is 13.2. The third-order valence-corrected chi connectivity index (χ3v) is 5.20. The lowest BCUT2D eigenvalue weighted by molar-refractivity contribution is 0.232. The molecule has 1 aromatic rings. The number of piperazine rings is 1. The maximum atomic E-state index is 13.5. The van der Waals surface area contributed by atoms with Gasteiger partial charge in [0.25, 0.3) is 0 Å². The van der Waals surface area contributed by atoms with Gasteiger partial charge in [0.05, 0.1) is 0 Å². The van der Waals surface area contributed by atoms with E-state index in [1.165, 1.54) is 6.92 Å². The lowest BCUT2D eigenvalue weighted by Crippen LogP contribution is -2.43. The van der Waals surface area contributed by atoms with Gasteiger partial charge < -0.3 is 9.50 Å². The van der Waals surface area contributed by atoms with E-state index in [1.807, 2.05) is 4.90 Å². The molecule has 0 amide bonds. The van der Waals surface area contributed by atoms with Crippen molar-refractivity contribution < 1.29 is 28.8 Å². The van der Waals surface area contributed by atoms with E-state index in [4.69, 9.17) is 0 Å². The number of halogens is 2. The summed E-state index contributed by atoms with van der Waals surface area (Å²) in [5.41, 5.74) is 0.317. The third kappa shape index (κ3) is 4.62. The van der Waals surface area contributed by atoms with Crippen molar-refractivity contribution in [2.75, 3.05) is 26.2 Å². The lowest BCUT2D eigenvalue weighted by atomic mass is 10.0. The SMILES string of the molecule is Cc1c(CN2CCNCC2)cc(S(=O)(=O)F)c(C)c1OS(=O)(=O)F. The second-order valence-electron chi connectivity index (χ2n) is 5.55. The molecule has 2 rings (SSSR count). The van der Waals surface area contributed by atoms with Crippen molar-refractivity contribution in [3.05, 3.63) is 22.8 Å². The average molecular weight is 384 g/mol. The Morgan fingerprint density at radius 1 is 1.12 bits per heavy atom. The molecule has 1 heterocycles. The minimum absolute atomic E-state index is 0.250. The smallest absolute Gasteiger partial charge is 0.358 e. The molecule has 7 nitrogen and oxygen atoms in total. The summed E-state index contributed by atoms with van der Waals surface area (Å²) in [5.74, 6) is -0.499. The van der Waals surface area contributed by atoms with Crippen molar-refractivity contribution in [2.24, 2.45) is 0 Å². The zero-order valence-corrected chi connectivity index (χ0v) is 14.8. The van der Waals surface area contributed by atoms with Gasteiger partial charge in [0.1, 0.15) is 4.90 Å². The second kappa shape index (κ2) is 6.90. The summed E-state index contributed by atoms with van der Waals surface area (Å²) in [4.78, 5) is 1.26. The molecule has 0 spiro atoms. The zero-order chi connectivity index (χ0) is 18.1. The van der Waals surface area contributed by atoms with Crippen LogP contribution < -0.4 is 9.50 Å². The fourth-order valence-electron chi connectivity index (χ4n) is 2.67. The Hall–Kier alpha value is -1.30. The van der Waals surface area contributed by atoms with Crippen LogP contribution in [0.1, 0.15) is 16.7 Å². The Morgan fingerprint density at radius 3 is 2.21 bits per heavy atom. The monoisotopic (exact) mass is 384 g/mol. The molecule has 0 unspecified atom stereocenters. The van der Waals surface area contributed by atoms with Crippen LogP contribution in [0.3, 0.4) is 0 Å². The van der Waals surface area contributed by atoms with Gasteiger partial charge in [-0.25, -0.2) is 0 Å². The van der Waals surface area contributed by atoms with Crippen molar-refractivity contribution in [1.82, 2.24) is 10.2 Å². The van der Waals surface area contributed by atoms with Gasteiger partial charge in [0, 0.05) is 38.3 Å². The molecule has 24 heavy (non-hydrogen) atoms. The second-order valence-corrected chi connectivity index (χ2v) is 7.82. The van der Waals surface area contributed by atoms with Crippen LogP contribution in [-0.4, -0.2) is 47.9 Å². The van der Waals surface area contributed by atoms with E-state index in [2.05, 4.69) is 9.50 Å². The number of nitrogens with zero attached hydrogens (tertiary/aromatic N) is 1. The fraction of sp³-hybridized carbons (Fsp3) is 0.538. The molecule has 1 fully saturated rings. The van der Waals surface area contributed by atoms with E-state index >= 15 is 0 Å². The highest BCUT2D eigenvalue weighted by atomic mass is 32.3. The van der Waals surface area contributed by atoms with Crippen LogP contribution in [0.4, 0.5) is 7.77 Å². The molecule has 1 N–H and O–H groups in total. The van der Waals surface area contributed by atoms with Gasteiger partial charge in [-0.3, -0.25) is 4.90 Å². The third-order valence-electron chi connectivity index (χ3n) is 3.89. The number of rotatable bonds is 5. The van der Waals surface area contributed by atoms with Crippen molar-refractivity contribution in [1.29, 1.82) is 0 Å². The molecular weight excluding hydrogens is 366 g/mol. The number of hydrogen-bond acceptors (Lipinski definition) is 7. The molecular formula is C13H18F2N2O5S2. The summed E-state index contributed by atoms with van der Waals surface area (Å²) in [6.45, 7) is 5.74.